The highest BCUT2D eigenvalue weighted by Gasteiger charge is 2.16. The molecule has 1 rings (SSSR count). The Bertz CT molecular complexity index is 430. The Hall–Kier alpha value is -1.62. The van der Waals surface area contributed by atoms with Crippen molar-refractivity contribution >= 4 is 11.4 Å². The highest BCUT2D eigenvalue weighted by atomic mass is 16.6. The first-order valence-electron chi connectivity index (χ1n) is 6.16. The largest absolute Gasteiger partial charge is 0.398 e. The highest BCUT2D eigenvalue weighted by molar-refractivity contribution is 5.58. The van der Waals surface area contributed by atoms with Gasteiger partial charge in [-0.25, -0.2) is 0 Å². The summed E-state index contributed by atoms with van der Waals surface area (Å²) in [7, 11) is 3.99. The number of nitro benzene ring substituents is 1. The third-order valence-electron chi connectivity index (χ3n) is 2.97. The Labute approximate surface area is 108 Å². The van der Waals surface area contributed by atoms with E-state index in [1.807, 2.05) is 27.1 Å². The van der Waals surface area contributed by atoms with Crippen molar-refractivity contribution in [1.82, 2.24) is 4.90 Å². The quantitative estimate of drug-likeness (QED) is 0.478. The molecule has 1 aromatic rings. The van der Waals surface area contributed by atoms with Crippen molar-refractivity contribution in [3.05, 3.63) is 33.4 Å². The van der Waals surface area contributed by atoms with Gasteiger partial charge in [0.2, 0.25) is 0 Å². The standard InChI is InChI=1S/C13H21N3O2/c1-4-10-8-11(6-5-7-15(2)3)13(16(17)18)9-12(10)14/h8-9H,4-7,14H2,1-3H3. The van der Waals surface area contributed by atoms with Crippen molar-refractivity contribution in [3.8, 4) is 0 Å². The minimum atomic E-state index is -0.346. The van der Waals surface area contributed by atoms with Crippen LogP contribution in [0.1, 0.15) is 24.5 Å². The number of nitrogens with two attached hydrogens (primary N) is 1. The lowest BCUT2D eigenvalue weighted by molar-refractivity contribution is -0.385. The summed E-state index contributed by atoms with van der Waals surface area (Å²) < 4.78 is 0. The summed E-state index contributed by atoms with van der Waals surface area (Å²) in [6, 6.07) is 3.37. The Morgan fingerprint density at radius 2 is 2.00 bits per heavy atom. The van der Waals surface area contributed by atoms with Crippen LogP contribution < -0.4 is 5.73 Å². The van der Waals surface area contributed by atoms with E-state index < -0.39 is 0 Å². The van der Waals surface area contributed by atoms with Gasteiger partial charge in [0.15, 0.2) is 0 Å². The van der Waals surface area contributed by atoms with Gasteiger partial charge in [0.05, 0.1) is 4.92 Å². The van der Waals surface area contributed by atoms with Gasteiger partial charge >= 0.3 is 0 Å². The predicted molar refractivity (Wildman–Crippen MR) is 73.8 cm³/mol. The van der Waals surface area contributed by atoms with E-state index in [-0.39, 0.29) is 10.6 Å². The van der Waals surface area contributed by atoms with Crippen molar-refractivity contribution in [1.29, 1.82) is 0 Å². The topological polar surface area (TPSA) is 72.4 Å². The molecule has 0 aliphatic carbocycles. The molecule has 2 N–H and O–H groups in total. The molecule has 0 amide bonds. The first-order chi connectivity index (χ1) is 8.45. The Morgan fingerprint density at radius 3 is 2.50 bits per heavy atom. The lowest BCUT2D eigenvalue weighted by Crippen LogP contribution is -2.14. The molecule has 0 aromatic heterocycles. The van der Waals surface area contributed by atoms with E-state index in [1.54, 1.807) is 0 Å². The number of nitrogen functional groups attached to an aromatic ring is 1. The number of nitro groups is 1. The fourth-order valence-electron chi connectivity index (χ4n) is 1.96. The van der Waals surface area contributed by atoms with Gasteiger partial charge in [-0.3, -0.25) is 10.1 Å². The summed E-state index contributed by atoms with van der Waals surface area (Å²) in [5, 5.41) is 11.0. The second kappa shape index (κ2) is 6.35. The lowest BCUT2D eigenvalue weighted by Gasteiger charge is -2.11. The second-order valence-corrected chi connectivity index (χ2v) is 4.70. The van der Waals surface area contributed by atoms with Gasteiger partial charge in [-0.05, 0) is 51.5 Å². The van der Waals surface area contributed by atoms with Crippen LogP contribution in [0.2, 0.25) is 0 Å². The zero-order valence-electron chi connectivity index (χ0n) is 11.3. The second-order valence-electron chi connectivity index (χ2n) is 4.70. The van der Waals surface area contributed by atoms with Crippen molar-refractivity contribution < 1.29 is 4.92 Å². The van der Waals surface area contributed by atoms with Gasteiger partial charge in [-0.2, -0.15) is 0 Å². The zero-order valence-corrected chi connectivity index (χ0v) is 11.3. The van der Waals surface area contributed by atoms with Crippen LogP contribution in [0.15, 0.2) is 12.1 Å². The number of hydrogen-bond donors (Lipinski definition) is 1. The van der Waals surface area contributed by atoms with Crippen LogP contribution in [-0.4, -0.2) is 30.5 Å². The normalized spacial score (nSPS) is 10.9. The minimum absolute atomic E-state index is 0.142. The third kappa shape index (κ3) is 3.70. The first-order valence-corrected chi connectivity index (χ1v) is 6.16. The number of benzene rings is 1. The average Bonchev–Trinajstić information content (AvgIpc) is 2.29. The number of nitrogens with zero attached hydrogens (tertiary/aromatic N) is 2. The van der Waals surface area contributed by atoms with E-state index in [1.165, 1.54) is 6.07 Å². The molecule has 18 heavy (non-hydrogen) atoms. The molecule has 0 aliphatic heterocycles. The minimum Gasteiger partial charge on any atom is -0.398 e. The van der Waals surface area contributed by atoms with Crippen molar-refractivity contribution in [2.24, 2.45) is 0 Å². The maximum absolute atomic E-state index is 11.0. The zero-order chi connectivity index (χ0) is 13.7. The van der Waals surface area contributed by atoms with E-state index in [2.05, 4.69) is 4.90 Å². The Balaban J connectivity index is 2.95. The van der Waals surface area contributed by atoms with Crippen molar-refractivity contribution in [3.63, 3.8) is 0 Å². The fraction of sp³-hybridized carbons (Fsp3) is 0.538. The summed E-state index contributed by atoms with van der Waals surface area (Å²) in [6.45, 7) is 2.92. The van der Waals surface area contributed by atoms with Crippen molar-refractivity contribution in [2.75, 3.05) is 26.4 Å². The highest BCUT2D eigenvalue weighted by Crippen LogP contribution is 2.26. The van der Waals surface area contributed by atoms with Crippen LogP contribution in [-0.2, 0) is 12.8 Å². The van der Waals surface area contributed by atoms with Crippen LogP contribution in [0.25, 0.3) is 0 Å². The van der Waals surface area contributed by atoms with Crippen molar-refractivity contribution in [2.45, 2.75) is 26.2 Å². The van der Waals surface area contributed by atoms with Crippen LogP contribution in [0, 0.1) is 10.1 Å². The molecule has 0 saturated heterocycles. The van der Waals surface area contributed by atoms with E-state index >= 15 is 0 Å². The van der Waals surface area contributed by atoms with Gasteiger partial charge in [-0.1, -0.05) is 6.92 Å². The lowest BCUT2D eigenvalue weighted by atomic mass is 10.0. The smallest absolute Gasteiger partial charge is 0.274 e. The number of rotatable bonds is 6. The SMILES string of the molecule is CCc1cc(CCCN(C)C)c([N+](=O)[O-])cc1N. The molecular weight excluding hydrogens is 230 g/mol. The first kappa shape index (κ1) is 14.4. The summed E-state index contributed by atoms with van der Waals surface area (Å²) in [5.74, 6) is 0. The van der Waals surface area contributed by atoms with E-state index in [0.717, 1.165) is 30.5 Å². The molecule has 0 aliphatic rings. The molecule has 0 atom stereocenters. The molecule has 5 nitrogen and oxygen atoms in total. The summed E-state index contributed by atoms with van der Waals surface area (Å²) >= 11 is 0. The van der Waals surface area contributed by atoms with Gasteiger partial charge in [0.25, 0.3) is 5.69 Å². The summed E-state index contributed by atoms with van der Waals surface area (Å²) in [6.07, 6.45) is 2.41. The van der Waals surface area contributed by atoms with E-state index in [0.29, 0.717) is 12.1 Å². The van der Waals surface area contributed by atoms with Gasteiger partial charge in [0, 0.05) is 17.3 Å². The molecule has 0 unspecified atom stereocenters. The monoisotopic (exact) mass is 251 g/mol. The average molecular weight is 251 g/mol. The van der Waals surface area contributed by atoms with E-state index in [9.17, 15) is 10.1 Å². The number of aryl methyl sites for hydroxylation is 2. The maximum atomic E-state index is 11.0. The van der Waals surface area contributed by atoms with Gasteiger partial charge in [0.1, 0.15) is 0 Å². The third-order valence-corrected chi connectivity index (χ3v) is 2.97. The molecule has 0 saturated carbocycles. The van der Waals surface area contributed by atoms with Crippen LogP contribution in [0.4, 0.5) is 11.4 Å². The predicted octanol–water partition coefficient (Wildman–Crippen LogP) is 2.23. The Kier molecular flexibility index (Phi) is 5.09. The van der Waals surface area contributed by atoms with Gasteiger partial charge < -0.3 is 10.6 Å². The summed E-state index contributed by atoms with van der Waals surface area (Å²) in [5.41, 5.74) is 8.23. The molecular formula is C13H21N3O2. The molecule has 0 bridgehead atoms. The molecule has 100 valence electrons. The molecule has 5 heteroatoms. The number of hydrogen-bond acceptors (Lipinski definition) is 4. The number of anilines is 1. The Morgan fingerprint density at radius 1 is 1.33 bits per heavy atom. The molecule has 1 aromatic carbocycles. The van der Waals surface area contributed by atoms with Crippen LogP contribution >= 0.6 is 0 Å². The van der Waals surface area contributed by atoms with Gasteiger partial charge in [-0.15, -0.1) is 0 Å². The molecule has 0 heterocycles. The van der Waals surface area contributed by atoms with E-state index in [4.69, 9.17) is 5.73 Å². The van der Waals surface area contributed by atoms with Crippen LogP contribution in [0.5, 0.6) is 0 Å². The molecule has 0 radical (unpaired) electrons. The van der Waals surface area contributed by atoms with Crippen LogP contribution in [0.3, 0.4) is 0 Å². The molecule has 0 spiro atoms. The fourth-order valence-corrected chi connectivity index (χ4v) is 1.96. The maximum Gasteiger partial charge on any atom is 0.274 e. The summed E-state index contributed by atoms with van der Waals surface area (Å²) in [4.78, 5) is 12.7. The molecule has 0 fully saturated rings.